The van der Waals surface area contributed by atoms with Crippen LogP contribution in [0.5, 0.6) is 0 Å². The molecule has 0 fully saturated rings. The second-order valence-corrected chi connectivity index (χ2v) is 6.59. The molecule has 0 saturated heterocycles. The number of aryl methyl sites for hydroxylation is 1. The van der Waals surface area contributed by atoms with Crippen LogP contribution in [-0.2, 0) is 6.42 Å². The average Bonchev–Trinajstić information content (AvgIpc) is 3.01. The lowest BCUT2D eigenvalue weighted by atomic mass is 10.1. The predicted octanol–water partition coefficient (Wildman–Crippen LogP) is 6.02. The maximum absolute atomic E-state index is 4.76. The first-order chi connectivity index (χ1) is 11.8. The fourth-order valence-corrected chi connectivity index (χ4v) is 3.60. The van der Waals surface area contributed by atoms with E-state index in [0.29, 0.717) is 0 Å². The fourth-order valence-electron chi connectivity index (χ4n) is 3.09. The first-order valence-corrected chi connectivity index (χ1v) is 8.89. The molecule has 3 aromatic carbocycles. The Morgan fingerprint density at radius 1 is 0.875 bits per heavy atom. The van der Waals surface area contributed by atoms with E-state index in [-0.39, 0.29) is 0 Å². The van der Waals surface area contributed by atoms with E-state index >= 15 is 0 Å². The summed E-state index contributed by atoms with van der Waals surface area (Å²) in [4.78, 5) is 4.76. The molecule has 0 bridgehead atoms. The smallest absolute Gasteiger partial charge is 0.114 e. The van der Waals surface area contributed by atoms with Gasteiger partial charge in [0.1, 0.15) is 5.82 Å². The molecule has 0 N–H and O–H groups in total. The lowest BCUT2D eigenvalue weighted by Crippen LogP contribution is -1.99. The third kappa shape index (κ3) is 2.55. The van der Waals surface area contributed by atoms with Crippen LogP contribution in [0, 0.1) is 0 Å². The number of rotatable bonds is 3. The average molecular weight is 377 g/mol. The van der Waals surface area contributed by atoms with Crippen LogP contribution in [-0.4, -0.2) is 9.55 Å². The number of fused-ring (bicyclic) bond motifs is 1. The molecule has 1 aromatic heterocycles. The van der Waals surface area contributed by atoms with Crippen molar-refractivity contribution < 1.29 is 0 Å². The first-order valence-electron chi connectivity index (χ1n) is 8.09. The monoisotopic (exact) mass is 376 g/mol. The van der Waals surface area contributed by atoms with E-state index in [9.17, 15) is 0 Å². The number of aromatic nitrogens is 2. The summed E-state index contributed by atoms with van der Waals surface area (Å²) in [5, 5.41) is 0. The standard InChI is InChI=1S/C21H17BrN2/c1-2-21-23-19-9-5-6-10-20(19)24(21)16-13-11-15(12-14-16)17-7-3-4-8-18(17)22/h3-14H,2H2,1H3. The molecule has 4 aromatic rings. The highest BCUT2D eigenvalue weighted by Gasteiger charge is 2.11. The van der Waals surface area contributed by atoms with Crippen molar-refractivity contribution in [1.82, 2.24) is 9.55 Å². The fraction of sp³-hybridized carbons (Fsp3) is 0.0952. The lowest BCUT2D eigenvalue weighted by molar-refractivity contribution is 0.908. The number of halogens is 1. The molecule has 0 amide bonds. The quantitative estimate of drug-likeness (QED) is 0.427. The maximum atomic E-state index is 4.76. The summed E-state index contributed by atoms with van der Waals surface area (Å²) in [5.74, 6) is 1.09. The van der Waals surface area contributed by atoms with Crippen LogP contribution >= 0.6 is 15.9 Å². The summed E-state index contributed by atoms with van der Waals surface area (Å²) in [6, 6.07) is 25.3. The van der Waals surface area contributed by atoms with Crippen LogP contribution in [0.3, 0.4) is 0 Å². The Morgan fingerprint density at radius 3 is 2.33 bits per heavy atom. The van der Waals surface area contributed by atoms with Crippen LogP contribution < -0.4 is 0 Å². The number of nitrogens with zero attached hydrogens (tertiary/aromatic N) is 2. The van der Waals surface area contributed by atoms with E-state index in [1.54, 1.807) is 0 Å². The largest absolute Gasteiger partial charge is 0.296 e. The maximum Gasteiger partial charge on any atom is 0.114 e. The van der Waals surface area contributed by atoms with Crippen molar-refractivity contribution in [2.45, 2.75) is 13.3 Å². The topological polar surface area (TPSA) is 17.8 Å². The first kappa shape index (κ1) is 15.2. The molecule has 0 aliphatic heterocycles. The van der Waals surface area contributed by atoms with Gasteiger partial charge in [0.2, 0.25) is 0 Å². The number of para-hydroxylation sites is 2. The molecule has 2 nitrogen and oxygen atoms in total. The van der Waals surface area contributed by atoms with Gasteiger partial charge in [0.15, 0.2) is 0 Å². The van der Waals surface area contributed by atoms with E-state index in [1.807, 2.05) is 12.1 Å². The Balaban J connectivity index is 1.83. The van der Waals surface area contributed by atoms with Crippen molar-refractivity contribution in [2.24, 2.45) is 0 Å². The van der Waals surface area contributed by atoms with Crippen LogP contribution in [0.15, 0.2) is 77.3 Å². The summed E-state index contributed by atoms with van der Waals surface area (Å²) in [6.45, 7) is 2.15. The number of hydrogen-bond donors (Lipinski definition) is 0. The van der Waals surface area contributed by atoms with Gasteiger partial charge >= 0.3 is 0 Å². The minimum Gasteiger partial charge on any atom is -0.296 e. The van der Waals surface area contributed by atoms with Crippen molar-refractivity contribution in [3.63, 3.8) is 0 Å². The van der Waals surface area contributed by atoms with Gasteiger partial charge < -0.3 is 0 Å². The zero-order chi connectivity index (χ0) is 16.5. The van der Waals surface area contributed by atoms with Crippen LogP contribution in [0.2, 0.25) is 0 Å². The summed E-state index contributed by atoms with van der Waals surface area (Å²) >= 11 is 3.63. The van der Waals surface area contributed by atoms with Crippen LogP contribution in [0.1, 0.15) is 12.7 Å². The van der Waals surface area contributed by atoms with Gasteiger partial charge in [-0.1, -0.05) is 65.3 Å². The molecule has 0 aliphatic carbocycles. The Labute approximate surface area is 149 Å². The molecule has 4 rings (SSSR count). The van der Waals surface area contributed by atoms with E-state index in [4.69, 9.17) is 4.98 Å². The van der Waals surface area contributed by atoms with Gasteiger partial charge in [-0.2, -0.15) is 0 Å². The van der Waals surface area contributed by atoms with Gasteiger partial charge in [-0.25, -0.2) is 4.98 Å². The van der Waals surface area contributed by atoms with Crippen molar-refractivity contribution in [2.75, 3.05) is 0 Å². The second-order valence-electron chi connectivity index (χ2n) is 5.73. The van der Waals surface area contributed by atoms with Gasteiger partial charge in [0.05, 0.1) is 11.0 Å². The highest BCUT2D eigenvalue weighted by molar-refractivity contribution is 9.10. The second kappa shape index (κ2) is 6.25. The molecule has 0 atom stereocenters. The highest BCUT2D eigenvalue weighted by atomic mass is 79.9. The minimum atomic E-state index is 0.903. The molecule has 0 radical (unpaired) electrons. The summed E-state index contributed by atoms with van der Waals surface area (Å²) in [5.41, 5.74) is 5.76. The SMILES string of the molecule is CCc1nc2ccccc2n1-c1ccc(-c2ccccc2Br)cc1. The molecule has 1 heterocycles. The third-order valence-corrected chi connectivity index (χ3v) is 4.95. The van der Waals surface area contributed by atoms with E-state index < -0.39 is 0 Å². The van der Waals surface area contributed by atoms with Gasteiger partial charge in [0.25, 0.3) is 0 Å². The highest BCUT2D eigenvalue weighted by Crippen LogP contribution is 2.29. The number of hydrogen-bond acceptors (Lipinski definition) is 1. The van der Waals surface area contributed by atoms with E-state index in [1.165, 1.54) is 11.1 Å². The van der Waals surface area contributed by atoms with E-state index in [2.05, 4.69) is 88.1 Å². The van der Waals surface area contributed by atoms with Gasteiger partial charge in [0, 0.05) is 16.6 Å². The molecule has 24 heavy (non-hydrogen) atoms. The van der Waals surface area contributed by atoms with Gasteiger partial charge in [-0.3, -0.25) is 4.57 Å². The third-order valence-electron chi connectivity index (χ3n) is 4.26. The summed E-state index contributed by atoms with van der Waals surface area (Å²) in [6.07, 6.45) is 0.903. The Morgan fingerprint density at radius 2 is 1.58 bits per heavy atom. The number of benzene rings is 3. The molecule has 0 unspecified atom stereocenters. The van der Waals surface area contributed by atoms with Crippen LogP contribution in [0.4, 0.5) is 0 Å². The lowest BCUT2D eigenvalue weighted by Gasteiger charge is -2.10. The molecular weight excluding hydrogens is 360 g/mol. The normalized spacial score (nSPS) is 11.1. The number of imidazole rings is 1. The Hall–Kier alpha value is -2.39. The zero-order valence-electron chi connectivity index (χ0n) is 13.4. The molecule has 0 aliphatic rings. The molecule has 0 saturated carbocycles. The van der Waals surface area contributed by atoms with Crippen molar-refractivity contribution >= 4 is 27.0 Å². The molecule has 118 valence electrons. The predicted molar refractivity (Wildman–Crippen MR) is 104 cm³/mol. The van der Waals surface area contributed by atoms with Gasteiger partial charge in [-0.05, 0) is 41.5 Å². The van der Waals surface area contributed by atoms with Gasteiger partial charge in [-0.15, -0.1) is 0 Å². The van der Waals surface area contributed by atoms with Crippen molar-refractivity contribution in [1.29, 1.82) is 0 Å². The summed E-state index contributed by atoms with van der Waals surface area (Å²) in [7, 11) is 0. The van der Waals surface area contributed by atoms with Crippen LogP contribution in [0.25, 0.3) is 27.8 Å². The molecule has 0 spiro atoms. The minimum absolute atomic E-state index is 0.903. The van der Waals surface area contributed by atoms with Crippen molar-refractivity contribution in [3.05, 3.63) is 83.1 Å². The van der Waals surface area contributed by atoms with E-state index in [0.717, 1.165) is 33.4 Å². The zero-order valence-corrected chi connectivity index (χ0v) is 15.0. The Kier molecular flexibility index (Phi) is 3.95. The molecular formula is C21H17BrN2. The molecule has 3 heteroatoms. The Bertz CT molecular complexity index is 1000. The summed E-state index contributed by atoms with van der Waals surface area (Å²) < 4.78 is 3.36. The van der Waals surface area contributed by atoms with Crippen molar-refractivity contribution in [3.8, 4) is 16.8 Å².